The van der Waals surface area contributed by atoms with Gasteiger partial charge in [-0.1, -0.05) is 28.1 Å². The quantitative estimate of drug-likeness (QED) is 0.844. The number of benzene rings is 1. The number of aliphatic hydroxyl groups is 1. The van der Waals surface area contributed by atoms with Crippen molar-refractivity contribution in [2.75, 3.05) is 0 Å². The number of hydrogen-bond acceptors (Lipinski definition) is 1. The van der Waals surface area contributed by atoms with E-state index in [1.165, 1.54) is 5.56 Å². The van der Waals surface area contributed by atoms with Crippen LogP contribution in [0.4, 0.5) is 0 Å². The van der Waals surface area contributed by atoms with Crippen molar-refractivity contribution < 1.29 is 5.11 Å². The molecule has 0 aromatic heterocycles. The van der Waals surface area contributed by atoms with Crippen molar-refractivity contribution in [3.05, 3.63) is 34.3 Å². The Labute approximate surface area is 81.6 Å². The van der Waals surface area contributed by atoms with E-state index >= 15 is 0 Å². The molecule has 1 aromatic carbocycles. The van der Waals surface area contributed by atoms with Gasteiger partial charge in [0.05, 0.1) is 6.10 Å². The van der Waals surface area contributed by atoms with Crippen LogP contribution in [0.25, 0.3) is 0 Å². The first-order chi connectivity index (χ1) is 5.68. The summed E-state index contributed by atoms with van der Waals surface area (Å²) in [5.74, 6) is 0. The molecule has 0 aliphatic heterocycles. The van der Waals surface area contributed by atoms with E-state index in [0.717, 1.165) is 17.3 Å². The fourth-order valence-corrected chi connectivity index (χ4v) is 1.29. The van der Waals surface area contributed by atoms with Crippen molar-refractivity contribution >= 4 is 15.9 Å². The molecule has 1 atom stereocenters. The van der Waals surface area contributed by atoms with Crippen LogP contribution in [0.5, 0.6) is 0 Å². The van der Waals surface area contributed by atoms with E-state index in [-0.39, 0.29) is 6.10 Å². The molecule has 1 rings (SSSR count). The van der Waals surface area contributed by atoms with Crippen molar-refractivity contribution in [2.45, 2.75) is 25.9 Å². The summed E-state index contributed by atoms with van der Waals surface area (Å²) in [7, 11) is 0. The smallest absolute Gasteiger partial charge is 0.0515 e. The van der Waals surface area contributed by atoms with Gasteiger partial charge in [0.25, 0.3) is 0 Å². The van der Waals surface area contributed by atoms with Crippen LogP contribution in [0.2, 0.25) is 0 Å². The monoisotopic (exact) mass is 228 g/mol. The highest BCUT2D eigenvalue weighted by atomic mass is 79.9. The average molecular weight is 229 g/mol. The molecule has 0 amide bonds. The van der Waals surface area contributed by atoms with Crippen molar-refractivity contribution in [3.8, 4) is 0 Å². The summed E-state index contributed by atoms with van der Waals surface area (Å²) >= 11 is 3.38. The van der Waals surface area contributed by atoms with Crippen LogP contribution in [-0.2, 0) is 6.42 Å². The van der Waals surface area contributed by atoms with E-state index in [1.54, 1.807) is 0 Å². The molecule has 0 unspecified atom stereocenters. The average Bonchev–Trinajstić information content (AvgIpc) is 2.03. The molecular weight excluding hydrogens is 216 g/mol. The maximum atomic E-state index is 9.06. The Balaban J connectivity index is 2.48. The highest BCUT2D eigenvalue weighted by Crippen LogP contribution is 2.12. The van der Waals surface area contributed by atoms with Crippen LogP contribution in [-0.4, -0.2) is 11.2 Å². The second-order valence-electron chi connectivity index (χ2n) is 3.01. The fourth-order valence-electron chi connectivity index (χ4n) is 1.03. The van der Waals surface area contributed by atoms with Gasteiger partial charge < -0.3 is 5.11 Å². The standard InChI is InChI=1S/C10H13BrO/c1-8(12)2-3-9-4-6-10(11)7-5-9/h4-8,12H,2-3H2,1H3/t8-/m1/s1. The van der Waals surface area contributed by atoms with Gasteiger partial charge in [0.1, 0.15) is 0 Å². The summed E-state index contributed by atoms with van der Waals surface area (Å²) in [4.78, 5) is 0. The van der Waals surface area contributed by atoms with Gasteiger partial charge in [-0.15, -0.1) is 0 Å². The minimum atomic E-state index is -0.200. The molecule has 0 radical (unpaired) electrons. The van der Waals surface area contributed by atoms with Gasteiger partial charge in [-0.25, -0.2) is 0 Å². The Hall–Kier alpha value is -0.340. The maximum Gasteiger partial charge on any atom is 0.0515 e. The molecule has 12 heavy (non-hydrogen) atoms. The zero-order valence-corrected chi connectivity index (χ0v) is 8.71. The van der Waals surface area contributed by atoms with Crippen LogP contribution in [0.1, 0.15) is 18.9 Å². The summed E-state index contributed by atoms with van der Waals surface area (Å²) < 4.78 is 1.10. The Bertz CT molecular complexity index is 228. The van der Waals surface area contributed by atoms with Crippen LogP contribution >= 0.6 is 15.9 Å². The Morgan fingerprint density at radius 2 is 1.92 bits per heavy atom. The van der Waals surface area contributed by atoms with E-state index in [2.05, 4.69) is 28.1 Å². The van der Waals surface area contributed by atoms with Crippen LogP contribution in [0, 0.1) is 0 Å². The zero-order valence-electron chi connectivity index (χ0n) is 7.13. The summed E-state index contributed by atoms with van der Waals surface area (Å²) in [6.07, 6.45) is 1.58. The number of halogens is 1. The Morgan fingerprint density at radius 1 is 1.33 bits per heavy atom. The topological polar surface area (TPSA) is 20.2 Å². The lowest BCUT2D eigenvalue weighted by atomic mass is 10.1. The molecule has 1 nitrogen and oxygen atoms in total. The minimum Gasteiger partial charge on any atom is -0.393 e. The van der Waals surface area contributed by atoms with Crippen LogP contribution < -0.4 is 0 Å². The van der Waals surface area contributed by atoms with Gasteiger partial charge in [-0.2, -0.15) is 0 Å². The lowest BCUT2D eigenvalue weighted by Crippen LogP contribution is -2.00. The van der Waals surface area contributed by atoms with Crippen LogP contribution in [0.3, 0.4) is 0 Å². The van der Waals surface area contributed by atoms with Crippen molar-refractivity contribution in [3.63, 3.8) is 0 Å². The highest BCUT2D eigenvalue weighted by molar-refractivity contribution is 9.10. The molecular formula is C10H13BrO. The summed E-state index contributed by atoms with van der Waals surface area (Å²) in [5, 5.41) is 9.06. The normalized spacial score (nSPS) is 12.9. The lowest BCUT2D eigenvalue weighted by Gasteiger charge is -2.03. The van der Waals surface area contributed by atoms with Gasteiger partial charge >= 0.3 is 0 Å². The third-order valence-electron chi connectivity index (χ3n) is 1.76. The van der Waals surface area contributed by atoms with Crippen molar-refractivity contribution in [1.82, 2.24) is 0 Å². The molecule has 0 saturated heterocycles. The molecule has 1 aromatic rings. The van der Waals surface area contributed by atoms with Crippen molar-refractivity contribution in [1.29, 1.82) is 0 Å². The van der Waals surface area contributed by atoms with Gasteiger partial charge in [0.2, 0.25) is 0 Å². The predicted octanol–water partition coefficient (Wildman–Crippen LogP) is 2.76. The summed E-state index contributed by atoms with van der Waals surface area (Å²) in [6, 6.07) is 8.20. The van der Waals surface area contributed by atoms with Crippen molar-refractivity contribution in [2.24, 2.45) is 0 Å². The molecule has 0 saturated carbocycles. The van der Waals surface area contributed by atoms with E-state index < -0.39 is 0 Å². The van der Waals surface area contributed by atoms with Gasteiger partial charge in [-0.05, 0) is 37.5 Å². The Kier molecular flexibility index (Phi) is 3.76. The Morgan fingerprint density at radius 3 is 2.42 bits per heavy atom. The predicted molar refractivity (Wildman–Crippen MR) is 54.1 cm³/mol. The third kappa shape index (κ3) is 3.37. The minimum absolute atomic E-state index is 0.200. The number of aryl methyl sites for hydroxylation is 1. The summed E-state index contributed by atoms with van der Waals surface area (Å²) in [6.45, 7) is 1.82. The molecule has 0 aliphatic carbocycles. The number of aliphatic hydroxyl groups excluding tert-OH is 1. The van der Waals surface area contributed by atoms with Gasteiger partial charge in [0.15, 0.2) is 0 Å². The van der Waals surface area contributed by atoms with E-state index in [0.29, 0.717) is 0 Å². The third-order valence-corrected chi connectivity index (χ3v) is 2.29. The molecule has 66 valence electrons. The second kappa shape index (κ2) is 4.63. The first-order valence-electron chi connectivity index (χ1n) is 4.11. The molecule has 0 bridgehead atoms. The second-order valence-corrected chi connectivity index (χ2v) is 3.93. The zero-order chi connectivity index (χ0) is 8.97. The summed E-state index contributed by atoms with van der Waals surface area (Å²) in [5.41, 5.74) is 1.28. The molecule has 0 fully saturated rings. The van der Waals surface area contributed by atoms with Gasteiger partial charge in [-0.3, -0.25) is 0 Å². The lowest BCUT2D eigenvalue weighted by molar-refractivity contribution is 0.185. The van der Waals surface area contributed by atoms with E-state index in [4.69, 9.17) is 5.11 Å². The number of rotatable bonds is 3. The molecule has 0 aliphatic rings. The molecule has 0 heterocycles. The van der Waals surface area contributed by atoms with Crippen LogP contribution in [0.15, 0.2) is 28.7 Å². The largest absolute Gasteiger partial charge is 0.393 e. The van der Waals surface area contributed by atoms with E-state index in [9.17, 15) is 0 Å². The molecule has 2 heteroatoms. The maximum absolute atomic E-state index is 9.06. The highest BCUT2D eigenvalue weighted by Gasteiger charge is 1.97. The first-order valence-corrected chi connectivity index (χ1v) is 4.90. The molecule has 1 N–H and O–H groups in total. The molecule has 0 spiro atoms. The number of hydrogen-bond donors (Lipinski definition) is 1. The fraction of sp³-hybridized carbons (Fsp3) is 0.400. The SMILES string of the molecule is C[C@@H](O)CCc1ccc(Br)cc1. The van der Waals surface area contributed by atoms with Gasteiger partial charge in [0, 0.05) is 4.47 Å². The first kappa shape index (κ1) is 9.75. The van der Waals surface area contributed by atoms with E-state index in [1.807, 2.05) is 19.1 Å².